The van der Waals surface area contributed by atoms with Gasteiger partial charge in [-0.1, -0.05) is 0 Å². The van der Waals surface area contributed by atoms with E-state index in [0.29, 0.717) is 11.6 Å². The molecule has 0 unspecified atom stereocenters. The van der Waals surface area contributed by atoms with Crippen LogP contribution in [-0.4, -0.2) is 47.4 Å². The summed E-state index contributed by atoms with van der Waals surface area (Å²) in [6, 6.07) is 0. The van der Waals surface area contributed by atoms with E-state index in [1.807, 2.05) is 19.0 Å². The van der Waals surface area contributed by atoms with E-state index in [0.717, 1.165) is 21.4 Å². The maximum Gasteiger partial charge on any atom is 0.244 e. The van der Waals surface area contributed by atoms with Crippen LogP contribution in [0.2, 0.25) is 0 Å². The zero-order chi connectivity index (χ0) is 14.1. The molecule has 0 radical (unpaired) electrons. The Labute approximate surface area is 120 Å². The third-order valence-electron chi connectivity index (χ3n) is 2.71. The number of aliphatic imine (C=N–C) groups is 1. The highest BCUT2D eigenvalue weighted by Gasteiger charge is 2.20. The zero-order valence-corrected chi connectivity index (χ0v) is 12.0. The number of fused-ring (bicyclic) bond motifs is 2. The number of rotatable bonds is 2. The van der Waals surface area contributed by atoms with Crippen LogP contribution in [0.4, 0.5) is 11.5 Å². The first kappa shape index (κ1) is 12.8. The molecule has 102 valence electrons. The number of aromatic nitrogens is 4. The molecule has 0 spiro atoms. The van der Waals surface area contributed by atoms with Gasteiger partial charge in [0.1, 0.15) is 28.5 Å². The standard InChI is InChI=1S/C12H12N6OS/c1-18(2)9-7-4-13-8-10(19-3)15-6-17-12(8)20-11(7)16-5-14-9/h4-6H,1-3H3. The first-order valence-corrected chi connectivity index (χ1v) is 6.65. The van der Waals surface area contributed by atoms with E-state index < -0.39 is 0 Å². The molecular formula is C12H12N6OS. The molecule has 0 aliphatic carbocycles. The summed E-state index contributed by atoms with van der Waals surface area (Å²) in [6.45, 7) is 0. The Hall–Kier alpha value is -2.22. The van der Waals surface area contributed by atoms with Gasteiger partial charge in [0.15, 0.2) is 5.69 Å². The molecule has 0 fully saturated rings. The molecule has 0 bridgehead atoms. The monoisotopic (exact) mass is 288 g/mol. The predicted molar refractivity (Wildman–Crippen MR) is 76.3 cm³/mol. The zero-order valence-electron chi connectivity index (χ0n) is 11.2. The normalized spacial score (nSPS) is 12.3. The highest BCUT2D eigenvalue weighted by molar-refractivity contribution is 7.99. The molecule has 2 aromatic rings. The molecule has 0 N–H and O–H groups in total. The summed E-state index contributed by atoms with van der Waals surface area (Å²) in [5, 5.41) is 1.53. The lowest BCUT2D eigenvalue weighted by Gasteiger charge is -2.14. The van der Waals surface area contributed by atoms with Gasteiger partial charge in [-0.2, -0.15) is 4.98 Å². The van der Waals surface area contributed by atoms with E-state index in [1.165, 1.54) is 18.1 Å². The van der Waals surface area contributed by atoms with Crippen molar-refractivity contribution < 1.29 is 4.74 Å². The molecule has 1 aliphatic rings. The third-order valence-corrected chi connectivity index (χ3v) is 3.73. The summed E-state index contributed by atoms with van der Waals surface area (Å²) in [6.07, 6.45) is 4.73. The maximum absolute atomic E-state index is 5.22. The van der Waals surface area contributed by atoms with Crippen molar-refractivity contribution in [1.82, 2.24) is 19.9 Å². The second-order valence-electron chi connectivity index (χ2n) is 4.21. The van der Waals surface area contributed by atoms with Crippen molar-refractivity contribution in [3.8, 4) is 5.88 Å². The fourth-order valence-electron chi connectivity index (χ4n) is 1.82. The number of nitrogens with zero attached hydrogens (tertiary/aromatic N) is 6. The van der Waals surface area contributed by atoms with Crippen LogP contribution in [0.15, 0.2) is 27.7 Å². The lowest BCUT2D eigenvalue weighted by molar-refractivity contribution is 0.396. The highest BCUT2D eigenvalue weighted by atomic mass is 32.2. The quantitative estimate of drug-likeness (QED) is 0.662. The van der Waals surface area contributed by atoms with Gasteiger partial charge in [0.05, 0.1) is 12.7 Å². The molecule has 0 atom stereocenters. The minimum absolute atomic E-state index is 0.450. The SMILES string of the molecule is COc1ncnc2c1N=Cc1c(ncnc1N(C)C)S2. The summed E-state index contributed by atoms with van der Waals surface area (Å²) in [5.74, 6) is 1.26. The second kappa shape index (κ2) is 5.04. The molecule has 0 amide bonds. The average molecular weight is 288 g/mol. The van der Waals surface area contributed by atoms with Crippen LogP contribution in [0.5, 0.6) is 5.88 Å². The van der Waals surface area contributed by atoms with Crippen molar-refractivity contribution in [1.29, 1.82) is 0 Å². The molecule has 0 saturated carbocycles. The first-order chi connectivity index (χ1) is 9.70. The molecule has 2 aromatic heterocycles. The molecule has 3 heterocycles. The van der Waals surface area contributed by atoms with Crippen molar-refractivity contribution >= 4 is 29.5 Å². The summed E-state index contributed by atoms with van der Waals surface area (Å²) in [4.78, 5) is 23.3. The van der Waals surface area contributed by atoms with Crippen LogP contribution in [0.3, 0.4) is 0 Å². The number of hydrogen-bond donors (Lipinski definition) is 0. The fraction of sp³-hybridized carbons (Fsp3) is 0.250. The minimum atomic E-state index is 0.450. The molecule has 20 heavy (non-hydrogen) atoms. The Balaban J connectivity index is 2.18. The van der Waals surface area contributed by atoms with Gasteiger partial charge in [0.2, 0.25) is 5.88 Å². The Morgan fingerprint density at radius 2 is 1.80 bits per heavy atom. The Kier molecular flexibility index (Phi) is 3.23. The van der Waals surface area contributed by atoms with Crippen LogP contribution in [0.1, 0.15) is 5.56 Å². The van der Waals surface area contributed by atoms with Gasteiger partial charge >= 0.3 is 0 Å². The molecule has 8 heteroatoms. The van der Waals surface area contributed by atoms with E-state index in [-0.39, 0.29) is 0 Å². The average Bonchev–Trinajstić information content (AvgIpc) is 2.65. The highest BCUT2D eigenvalue weighted by Crippen LogP contribution is 2.41. The summed E-state index contributed by atoms with van der Waals surface area (Å²) in [7, 11) is 5.42. The molecule has 0 saturated heterocycles. The van der Waals surface area contributed by atoms with Crippen molar-refractivity contribution in [2.24, 2.45) is 4.99 Å². The van der Waals surface area contributed by atoms with E-state index in [9.17, 15) is 0 Å². The van der Waals surface area contributed by atoms with Gasteiger partial charge in [-0.3, -0.25) is 0 Å². The summed E-state index contributed by atoms with van der Waals surface area (Å²) < 4.78 is 5.22. The number of anilines is 1. The van der Waals surface area contributed by atoms with Gasteiger partial charge in [-0.05, 0) is 11.8 Å². The van der Waals surface area contributed by atoms with Gasteiger partial charge in [-0.25, -0.2) is 19.9 Å². The largest absolute Gasteiger partial charge is 0.479 e. The predicted octanol–water partition coefficient (Wildman–Crippen LogP) is 1.56. The minimum Gasteiger partial charge on any atom is -0.479 e. The van der Waals surface area contributed by atoms with Crippen molar-refractivity contribution in [2.45, 2.75) is 10.1 Å². The summed E-state index contributed by atoms with van der Waals surface area (Å²) >= 11 is 1.43. The van der Waals surface area contributed by atoms with Crippen molar-refractivity contribution in [3.63, 3.8) is 0 Å². The molecule has 0 aromatic carbocycles. The van der Waals surface area contributed by atoms with Gasteiger partial charge in [0.25, 0.3) is 0 Å². The number of hydrogen-bond acceptors (Lipinski definition) is 8. The van der Waals surface area contributed by atoms with E-state index in [4.69, 9.17) is 4.74 Å². The van der Waals surface area contributed by atoms with Gasteiger partial charge in [0, 0.05) is 20.3 Å². The van der Waals surface area contributed by atoms with Crippen LogP contribution in [0.25, 0.3) is 0 Å². The molecule has 7 nitrogen and oxygen atoms in total. The molecule has 1 aliphatic heterocycles. The van der Waals surface area contributed by atoms with E-state index in [1.54, 1.807) is 19.7 Å². The van der Waals surface area contributed by atoms with Crippen LogP contribution >= 0.6 is 11.8 Å². The van der Waals surface area contributed by atoms with Gasteiger partial charge < -0.3 is 9.64 Å². The molecule has 3 rings (SSSR count). The lowest BCUT2D eigenvalue weighted by Crippen LogP contribution is -2.14. The fourth-order valence-corrected chi connectivity index (χ4v) is 2.70. The lowest BCUT2D eigenvalue weighted by atomic mass is 10.3. The number of ether oxygens (including phenoxy) is 1. The van der Waals surface area contributed by atoms with Gasteiger partial charge in [-0.15, -0.1) is 0 Å². The van der Waals surface area contributed by atoms with Crippen LogP contribution < -0.4 is 9.64 Å². The van der Waals surface area contributed by atoms with Crippen molar-refractivity contribution in [2.75, 3.05) is 26.1 Å². The maximum atomic E-state index is 5.22. The number of methoxy groups -OCH3 is 1. The van der Waals surface area contributed by atoms with Crippen LogP contribution in [-0.2, 0) is 0 Å². The van der Waals surface area contributed by atoms with E-state index >= 15 is 0 Å². The second-order valence-corrected chi connectivity index (χ2v) is 5.19. The Bertz CT molecular complexity index is 688. The first-order valence-electron chi connectivity index (χ1n) is 5.84. The Morgan fingerprint density at radius 3 is 2.55 bits per heavy atom. The topological polar surface area (TPSA) is 76.4 Å². The Morgan fingerprint density at radius 1 is 1.05 bits per heavy atom. The smallest absolute Gasteiger partial charge is 0.244 e. The van der Waals surface area contributed by atoms with Crippen molar-refractivity contribution in [3.05, 3.63) is 18.2 Å². The summed E-state index contributed by atoms with van der Waals surface area (Å²) in [5.41, 5.74) is 1.48. The third kappa shape index (κ3) is 2.07. The van der Waals surface area contributed by atoms with E-state index in [2.05, 4.69) is 24.9 Å². The van der Waals surface area contributed by atoms with Crippen LogP contribution in [0, 0.1) is 0 Å². The molecular weight excluding hydrogens is 276 g/mol.